The van der Waals surface area contributed by atoms with E-state index < -0.39 is 0 Å². The Bertz CT molecular complexity index is 570. The van der Waals surface area contributed by atoms with Gasteiger partial charge in [0.2, 0.25) is 0 Å². The molecule has 0 saturated carbocycles. The van der Waals surface area contributed by atoms with Crippen molar-refractivity contribution in [2.24, 2.45) is 5.73 Å². The monoisotopic (exact) mass is 271 g/mol. The van der Waals surface area contributed by atoms with Crippen LogP contribution >= 0.6 is 0 Å². The highest BCUT2D eigenvalue weighted by Gasteiger charge is 2.10. The Labute approximate surface area is 119 Å². The summed E-state index contributed by atoms with van der Waals surface area (Å²) < 4.78 is 1.87. The molecule has 0 fully saturated rings. The molecule has 2 N–H and O–H groups in total. The van der Waals surface area contributed by atoms with Crippen molar-refractivity contribution in [2.45, 2.75) is 32.7 Å². The van der Waals surface area contributed by atoms with Crippen LogP contribution in [0.25, 0.3) is 0 Å². The number of Topliss-reactive ketones (excluding diaryl/α,β-unsaturated/α-hetero) is 1. The molecule has 1 aromatic carbocycles. The van der Waals surface area contributed by atoms with Gasteiger partial charge in [-0.3, -0.25) is 9.48 Å². The number of rotatable bonds is 6. The van der Waals surface area contributed by atoms with Crippen LogP contribution < -0.4 is 5.73 Å². The molecule has 0 radical (unpaired) electrons. The van der Waals surface area contributed by atoms with E-state index in [1.165, 1.54) is 0 Å². The molecule has 0 unspecified atom stereocenters. The van der Waals surface area contributed by atoms with Crippen molar-refractivity contribution >= 4 is 5.78 Å². The van der Waals surface area contributed by atoms with Crippen LogP contribution in [0.5, 0.6) is 0 Å². The number of benzene rings is 1. The summed E-state index contributed by atoms with van der Waals surface area (Å²) in [6.07, 6.45) is 3.10. The summed E-state index contributed by atoms with van der Waals surface area (Å²) in [6, 6.07) is 9.88. The summed E-state index contributed by atoms with van der Waals surface area (Å²) in [5.41, 5.74) is 8.21. The van der Waals surface area contributed by atoms with Crippen molar-refractivity contribution < 1.29 is 4.79 Å². The number of carbonyl (C=O) groups excluding carboxylic acids is 1. The Morgan fingerprint density at radius 3 is 2.50 bits per heavy atom. The smallest absolute Gasteiger partial charge is 0.168 e. The maximum Gasteiger partial charge on any atom is 0.168 e. The van der Waals surface area contributed by atoms with Crippen LogP contribution in [0.15, 0.2) is 36.5 Å². The predicted octanol–water partition coefficient (Wildman–Crippen LogP) is 2.39. The van der Waals surface area contributed by atoms with E-state index in [2.05, 4.69) is 18.9 Å². The van der Waals surface area contributed by atoms with Crippen LogP contribution in [0.1, 0.15) is 41.5 Å². The maximum absolute atomic E-state index is 12.2. The van der Waals surface area contributed by atoms with Gasteiger partial charge < -0.3 is 5.73 Å². The second-order valence-corrected chi connectivity index (χ2v) is 5.22. The lowest BCUT2D eigenvalue weighted by Gasteiger charge is -2.04. The lowest BCUT2D eigenvalue weighted by molar-refractivity contribution is 0.0991. The van der Waals surface area contributed by atoms with E-state index in [4.69, 9.17) is 5.73 Å². The predicted molar refractivity (Wildman–Crippen MR) is 79.8 cm³/mol. The van der Waals surface area contributed by atoms with E-state index in [9.17, 15) is 4.79 Å². The maximum atomic E-state index is 12.2. The van der Waals surface area contributed by atoms with Crippen molar-refractivity contribution in [1.29, 1.82) is 0 Å². The molecule has 4 nitrogen and oxygen atoms in total. The molecule has 0 bridgehead atoms. The SMILES string of the molecule is CC(C)n1ccc(CC(=O)c2ccc(CCN)cc2)n1. The number of hydrogen-bond donors (Lipinski definition) is 1. The number of aromatic nitrogens is 2. The van der Waals surface area contributed by atoms with Crippen LogP contribution in [-0.2, 0) is 12.8 Å². The second kappa shape index (κ2) is 6.48. The van der Waals surface area contributed by atoms with Crippen LogP contribution in [0.3, 0.4) is 0 Å². The Hall–Kier alpha value is -1.94. The van der Waals surface area contributed by atoms with Crippen molar-refractivity contribution in [3.63, 3.8) is 0 Å². The largest absolute Gasteiger partial charge is 0.330 e. The summed E-state index contributed by atoms with van der Waals surface area (Å²) in [7, 11) is 0. The van der Waals surface area contributed by atoms with Crippen molar-refractivity contribution in [3.05, 3.63) is 53.3 Å². The minimum Gasteiger partial charge on any atom is -0.330 e. The molecule has 106 valence electrons. The van der Waals surface area contributed by atoms with Gasteiger partial charge in [0.25, 0.3) is 0 Å². The first-order valence-electron chi connectivity index (χ1n) is 6.96. The number of hydrogen-bond acceptors (Lipinski definition) is 3. The molecule has 0 atom stereocenters. The van der Waals surface area contributed by atoms with Gasteiger partial charge in [0, 0.05) is 17.8 Å². The van der Waals surface area contributed by atoms with E-state index in [1.54, 1.807) is 0 Å². The molecular formula is C16H21N3O. The summed E-state index contributed by atoms with van der Waals surface area (Å²) in [4.78, 5) is 12.2. The molecule has 0 aliphatic rings. The van der Waals surface area contributed by atoms with Crippen LogP contribution in [0.4, 0.5) is 0 Å². The Morgan fingerprint density at radius 1 is 1.25 bits per heavy atom. The van der Waals surface area contributed by atoms with Crippen LogP contribution in [0, 0.1) is 0 Å². The fourth-order valence-corrected chi connectivity index (χ4v) is 2.05. The molecule has 0 spiro atoms. The minimum atomic E-state index is 0.0957. The summed E-state index contributed by atoms with van der Waals surface area (Å²) >= 11 is 0. The molecular weight excluding hydrogens is 250 g/mol. The third kappa shape index (κ3) is 3.54. The van der Waals surface area contributed by atoms with Crippen LogP contribution in [0.2, 0.25) is 0 Å². The lowest BCUT2D eigenvalue weighted by atomic mass is 10.0. The van der Waals surface area contributed by atoms with E-state index in [-0.39, 0.29) is 5.78 Å². The molecule has 1 aromatic heterocycles. The van der Waals surface area contributed by atoms with Gasteiger partial charge in [-0.1, -0.05) is 24.3 Å². The van der Waals surface area contributed by atoms with Gasteiger partial charge in [0.15, 0.2) is 5.78 Å². The van der Waals surface area contributed by atoms with Crippen molar-refractivity contribution in [1.82, 2.24) is 9.78 Å². The van der Waals surface area contributed by atoms with Crippen LogP contribution in [-0.4, -0.2) is 22.1 Å². The number of nitrogens with zero attached hydrogens (tertiary/aromatic N) is 2. The Kier molecular flexibility index (Phi) is 4.69. The third-order valence-corrected chi connectivity index (χ3v) is 3.24. The Morgan fingerprint density at radius 2 is 1.95 bits per heavy atom. The van der Waals surface area contributed by atoms with Gasteiger partial charge >= 0.3 is 0 Å². The zero-order valence-electron chi connectivity index (χ0n) is 12.0. The van der Waals surface area contributed by atoms with Gasteiger partial charge in [0.05, 0.1) is 12.1 Å². The van der Waals surface area contributed by atoms with E-state index >= 15 is 0 Å². The zero-order chi connectivity index (χ0) is 14.5. The van der Waals surface area contributed by atoms with Crippen molar-refractivity contribution in [2.75, 3.05) is 6.54 Å². The Balaban J connectivity index is 2.03. The van der Waals surface area contributed by atoms with Gasteiger partial charge in [-0.05, 0) is 38.4 Å². The zero-order valence-corrected chi connectivity index (χ0v) is 12.0. The van der Waals surface area contributed by atoms with Gasteiger partial charge in [-0.2, -0.15) is 5.10 Å². The first kappa shape index (κ1) is 14.5. The molecule has 20 heavy (non-hydrogen) atoms. The average Bonchev–Trinajstić information content (AvgIpc) is 2.88. The van der Waals surface area contributed by atoms with Gasteiger partial charge in [0.1, 0.15) is 0 Å². The lowest BCUT2D eigenvalue weighted by Crippen LogP contribution is -2.07. The molecule has 2 aromatic rings. The van der Waals surface area contributed by atoms with E-state index in [1.807, 2.05) is 41.2 Å². The number of ketones is 1. The second-order valence-electron chi connectivity index (χ2n) is 5.22. The molecule has 2 rings (SSSR count). The summed E-state index contributed by atoms with van der Waals surface area (Å²) in [5.74, 6) is 0.0957. The standard InChI is InChI=1S/C16H21N3O/c1-12(2)19-10-8-15(18-19)11-16(20)14-5-3-13(4-6-14)7-9-17/h3-6,8,10,12H,7,9,11,17H2,1-2H3. The normalized spacial score (nSPS) is 11.0. The fourth-order valence-electron chi connectivity index (χ4n) is 2.05. The minimum absolute atomic E-state index is 0.0957. The van der Waals surface area contributed by atoms with E-state index in [0.29, 0.717) is 19.0 Å². The fraction of sp³-hybridized carbons (Fsp3) is 0.375. The highest BCUT2D eigenvalue weighted by atomic mass is 16.1. The summed E-state index contributed by atoms with van der Waals surface area (Å²) in [5, 5.41) is 4.40. The molecule has 1 heterocycles. The summed E-state index contributed by atoms with van der Waals surface area (Å²) in [6.45, 7) is 4.75. The highest BCUT2D eigenvalue weighted by Crippen LogP contribution is 2.10. The molecule has 4 heteroatoms. The molecule has 0 amide bonds. The first-order chi connectivity index (χ1) is 9.60. The molecule has 0 saturated heterocycles. The molecule has 0 aliphatic carbocycles. The quantitative estimate of drug-likeness (QED) is 0.821. The topological polar surface area (TPSA) is 60.9 Å². The first-order valence-corrected chi connectivity index (χ1v) is 6.96. The van der Waals surface area contributed by atoms with Crippen molar-refractivity contribution in [3.8, 4) is 0 Å². The number of carbonyl (C=O) groups is 1. The number of nitrogens with two attached hydrogens (primary N) is 1. The van der Waals surface area contributed by atoms with Gasteiger partial charge in [-0.25, -0.2) is 0 Å². The highest BCUT2D eigenvalue weighted by molar-refractivity contribution is 5.97. The van der Waals surface area contributed by atoms with Gasteiger partial charge in [-0.15, -0.1) is 0 Å². The van der Waals surface area contributed by atoms with E-state index in [0.717, 1.165) is 23.2 Å². The molecule has 0 aliphatic heterocycles. The average molecular weight is 271 g/mol. The third-order valence-electron chi connectivity index (χ3n) is 3.24.